The number of unbranched alkanes of at least 4 members (excludes halogenated alkanes) is 1. The molecule has 3 nitrogen and oxygen atoms in total. The predicted octanol–water partition coefficient (Wildman–Crippen LogP) is 3.93. The van der Waals surface area contributed by atoms with E-state index in [1.54, 1.807) is 14.2 Å². The molecule has 0 fully saturated rings. The highest BCUT2D eigenvalue weighted by molar-refractivity contribution is 5.42. The monoisotopic (exact) mass is 265 g/mol. The maximum Gasteiger partial charge on any atom is 0.123 e. The van der Waals surface area contributed by atoms with E-state index in [4.69, 9.17) is 9.47 Å². The fraction of sp³-hybridized carbons (Fsp3) is 0.625. The summed E-state index contributed by atoms with van der Waals surface area (Å²) >= 11 is 0. The lowest BCUT2D eigenvalue weighted by atomic mass is 9.99. The molecule has 0 heterocycles. The molecule has 0 aromatic heterocycles. The zero-order valence-corrected chi connectivity index (χ0v) is 12.7. The Morgan fingerprint density at radius 2 is 1.89 bits per heavy atom. The lowest BCUT2D eigenvalue weighted by Crippen LogP contribution is -2.22. The smallest absolute Gasteiger partial charge is 0.123 e. The fourth-order valence-corrected chi connectivity index (χ4v) is 2.21. The van der Waals surface area contributed by atoms with E-state index in [1.807, 2.05) is 12.1 Å². The van der Waals surface area contributed by atoms with Gasteiger partial charge in [-0.1, -0.05) is 26.7 Å². The molecule has 1 N–H and O–H groups in total. The molecular formula is C16H27NO2. The second kappa shape index (κ2) is 8.81. The molecule has 1 atom stereocenters. The fourth-order valence-electron chi connectivity index (χ4n) is 2.21. The van der Waals surface area contributed by atoms with Gasteiger partial charge >= 0.3 is 0 Å². The van der Waals surface area contributed by atoms with Crippen molar-refractivity contribution in [1.82, 2.24) is 5.32 Å². The van der Waals surface area contributed by atoms with Gasteiger partial charge in [-0.25, -0.2) is 0 Å². The summed E-state index contributed by atoms with van der Waals surface area (Å²) in [5.74, 6) is 1.82. The summed E-state index contributed by atoms with van der Waals surface area (Å²) in [4.78, 5) is 0. The molecule has 1 aromatic carbocycles. The number of hydrogen-bond donors (Lipinski definition) is 1. The number of hydrogen-bond acceptors (Lipinski definition) is 3. The number of methoxy groups -OCH3 is 2. The number of nitrogens with one attached hydrogen (secondary N) is 1. The second-order valence-corrected chi connectivity index (χ2v) is 4.76. The van der Waals surface area contributed by atoms with Crippen LogP contribution in [0.2, 0.25) is 0 Å². The van der Waals surface area contributed by atoms with Crippen molar-refractivity contribution in [3.05, 3.63) is 23.8 Å². The van der Waals surface area contributed by atoms with E-state index >= 15 is 0 Å². The van der Waals surface area contributed by atoms with Crippen LogP contribution in [-0.2, 0) is 0 Å². The molecule has 1 aromatic rings. The second-order valence-electron chi connectivity index (χ2n) is 4.76. The molecule has 0 radical (unpaired) electrons. The van der Waals surface area contributed by atoms with Crippen LogP contribution in [0.25, 0.3) is 0 Å². The molecule has 0 amide bonds. The molecule has 19 heavy (non-hydrogen) atoms. The third kappa shape index (κ3) is 4.75. The Labute approximate surface area is 117 Å². The average molecular weight is 265 g/mol. The number of ether oxygens (including phenoxy) is 2. The third-order valence-corrected chi connectivity index (χ3v) is 3.30. The Morgan fingerprint density at radius 3 is 2.47 bits per heavy atom. The molecule has 1 unspecified atom stereocenters. The van der Waals surface area contributed by atoms with Gasteiger partial charge in [-0.15, -0.1) is 0 Å². The Morgan fingerprint density at radius 1 is 1.11 bits per heavy atom. The van der Waals surface area contributed by atoms with Gasteiger partial charge in [0.25, 0.3) is 0 Å². The highest BCUT2D eigenvalue weighted by Crippen LogP contribution is 2.32. The summed E-state index contributed by atoms with van der Waals surface area (Å²) < 4.78 is 10.8. The summed E-state index contributed by atoms with van der Waals surface area (Å²) in [6, 6.07) is 6.35. The van der Waals surface area contributed by atoms with E-state index in [9.17, 15) is 0 Å². The summed E-state index contributed by atoms with van der Waals surface area (Å²) in [7, 11) is 3.42. The highest BCUT2D eigenvalue weighted by atomic mass is 16.5. The topological polar surface area (TPSA) is 30.5 Å². The van der Waals surface area contributed by atoms with Crippen molar-refractivity contribution >= 4 is 0 Å². The highest BCUT2D eigenvalue weighted by Gasteiger charge is 2.16. The van der Waals surface area contributed by atoms with E-state index < -0.39 is 0 Å². The van der Waals surface area contributed by atoms with Crippen molar-refractivity contribution in [3.8, 4) is 11.5 Å². The van der Waals surface area contributed by atoms with E-state index in [0.29, 0.717) is 6.04 Å². The minimum Gasteiger partial charge on any atom is -0.497 e. The normalized spacial score (nSPS) is 12.2. The first-order valence-electron chi connectivity index (χ1n) is 7.22. The average Bonchev–Trinajstić information content (AvgIpc) is 2.47. The van der Waals surface area contributed by atoms with Crippen LogP contribution in [0.1, 0.15) is 51.1 Å². The molecule has 0 saturated heterocycles. The van der Waals surface area contributed by atoms with Gasteiger partial charge in [0, 0.05) is 11.6 Å². The minimum absolute atomic E-state index is 0.338. The number of benzene rings is 1. The largest absolute Gasteiger partial charge is 0.497 e. The van der Waals surface area contributed by atoms with Gasteiger partial charge in [0.2, 0.25) is 0 Å². The lowest BCUT2D eigenvalue weighted by molar-refractivity contribution is 0.384. The minimum atomic E-state index is 0.338. The summed E-state index contributed by atoms with van der Waals surface area (Å²) in [5.41, 5.74) is 1.20. The SMILES string of the molecule is CCCCC(NCCC)c1cc(OC)ccc1OC. The molecule has 0 aliphatic heterocycles. The molecule has 0 aliphatic carbocycles. The Kier molecular flexibility index (Phi) is 7.34. The van der Waals surface area contributed by atoms with Crippen LogP contribution >= 0.6 is 0 Å². The first-order chi connectivity index (χ1) is 9.26. The van der Waals surface area contributed by atoms with Crippen LogP contribution in [0, 0.1) is 0 Å². The van der Waals surface area contributed by atoms with Crippen LogP contribution < -0.4 is 14.8 Å². The standard InChI is InChI=1S/C16H27NO2/c1-5-7-8-15(17-11-6-2)14-12-13(18-3)9-10-16(14)19-4/h9-10,12,15,17H,5-8,11H2,1-4H3. The van der Waals surface area contributed by atoms with E-state index in [1.165, 1.54) is 18.4 Å². The zero-order chi connectivity index (χ0) is 14.1. The van der Waals surface area contributed by atoms with Gasteiger partial charge in [-0.3, -0.25) is 0 Å². The Bertz CT molecular complexity index is 358. The predicted molar refractivity (Wildman–Crippen MR) is 80.1 cm³/mol. The molecule has 0 saturated carbocycles. The van der Waals surface area contributed by atoms with Crippen LogP contribution in [0.15, 0.2) is 18.2 Å². The van der Waals surface area contributed by atoms with E-state index in [0.717, 1.165) is 30.9 Å². The third-order valence-electron chi connectivity index (χ3n) is 3.30. The lowest BCUT2D eigenvalue weighted by Gasteiger charge is -2.21. The molecular weight excluding hydrogens is 238 g/mol. The molecule has 0 spiro atoms. The molecule has 1 rings (SSSR count). The molecule has 3 heteroatoms. The summed E-state index contributed by atoms with van der Waals surface area (Å²) in [6.45, 7) is 5.43. The van der Waals surface area contributed by atoms with E-state index in [2.05, 4.69) is 25.2 Å². The van der Waals surface area contributed by atoms with Crippen LogP contribution in [0.3, 0.4) is 0 Å². The maximum absolute atomic E-state index is 5.49. The molecule has 0 bridgehead atoms. The van der Waals surface area contributed by atoms with Gasteiger partial charge in [0.15, 0.2) is 0 Å². The van der Waals surface area contributed by atoms with Crippen molar-refractivity contribution in [2.45, 2.75) is 45.6 Å². The first-order valence-corrected chi connectivity index (χ1v) is 7.22. The zero-order valence-electron chi connectivity index (χ0n) is 12.7. The van der Waals surface area contributed by atoms with Crippen LogP contribution in [0.4, 0.5) is 0 Å². The Hall–Kier alpha value is -1.22. The van der Waals surface area contributed by atoms with Crippen molar-refractivity contribution in [1.29, 1.82) is 0 Å². The van der Waals surface area contributed by atoms with Crippen molar-refractivity contribution in [3.63, 3.8) is 0 Å². The summed E-state index contributed by atoms with van der Waals surface area (Å²) in [6.07, 6.45) is 4.67. The Balaban J connectivity index is 2.96. The van der Waals surface area contributed by atoms with E-state index in [-0.39, 0.29) is 0 Å². The van der Waals surface area contributed by atoms with Crippen molar-refractivity contribution in [2.24, 2.45) is 0 Å². The van der Waals surface area contributed by atoms with Gasteiger partial charge in [-0.2, -0.15) is 0 Å². The van der Waals surface area contributed by atoms with Crippen molar-refractivity contribution in [2.75, 3.05) is 20.8 Å². The van der Waals surface area contributed by atoms with Crippen molar-refractivity contribution < 1.29 is 9.47 Å². The van der Waals surface area contributed by atoms with Crippen LogP contribution in [-0.4, -0.2) is 20.8 Å². The van der Waals surface area contributed by atoms with Gasteiger partial charge < -0.3 is 14.8 Å². The molecule has 0 aliphatic rings. The van der Waals surface area contributed by atoms with Crippen LogP contribution in [0.5, 0.6) is 11.5 Å². The van der Waals surface area contributed by atoms with Gasteiger partial charge in [0.05, 0.1) is 14.2 Å². The van der Waals surface area contributed by atoms with Gasteiger partial charge in [-0.05, 0) is 37.6 Å². The number of rotatable bonds is 9. The summed E-state index contributed by atoms with van der Waals surface area (Å²) in [5, 5.41) is 3.61. The quantitative estimate of drug-likeness (QED) is 0.733. The first kappa shape index (κ1) is 15.8. The van der Waals surface area contributed by atoms with Gasteiger partial charge in [0.1, 0.15) is 11.5 Å². The molecule has 108 valence electrons. The maximum atomic E-state index is 5.49.